The van der Waals surface area contributed by atoms with Crippen LogP contribution in [0.4, 0.5) is 4.39 Å². The lowest BCUT2D eigenvalue weighted by atomic mass is 10.3. The van der Waals surface area contributed by atoms with Crippen LogP contribution in [-0.2, 0) is 6.54 Å². The third-order valence-electron chi connectivity index (χ3n) is 3.46. The fourth-order valence-electron chi connectivity index (χ4n) is 2.23. The van der Waals surface area contributed by atoms with Crippen LogP contribution in [0.1, 0.15) is 19.4 Å². The Kier molecular flexibility index (Phi) is 7.67. The van der Waals surface area contributed by atoms with Gasteiger partial charge in [0.25, 0.3) is 0 Å². The van der Waals surface area contributed by atoms with Crippen LogP contribution in [0.5, 0.6) is 11.6 Å². The van der Waals surface area contributed by atoms with Gasteiger partial charge in [-0.25, -0.2) is 14.4 Å². The third kappa shape index (κ3) is 6.58. The molecule has 0 saturated heterocycles. The molecule has 0 fully saturated rings. The Bertz CT molecular complexity index is 724. The average molecular weight is 360 g/mol. The number of aromatic nitrogens is 1. The molecule has 1 unspecified atom stereocenters. The normalized spacial score (nSPS) is 12.4. The number of nitrogens with zero attached hydrogens (tertiary/aromatic N) is 2. The van der Waals surface area contributed by atoms with E-state index in [1.807, 2.05) is 26.0 Å². The van der Waals surface area contributed by atoms with E-state index in [0.29, 0.717) is 30.7 Å². The van der Waals surface area contributed by atoms with Gasteiger partial charge in [-0.1, -0.05) is 6.07 Å². The molecule has 0 aliphatic carbocycles. The van der Waals surface area contributed by atoms with Crippen molar-refractivity contribution in [2.24, 2.45) is 4.99 Å². The van der Waals surface area contributed by atoms with Crippen LogP contribution >= 0.6 is 0 Å². The zero-order valence-electron chi connectivity index (χ0n) is 15.3. The maximum atomic E-state index is 13.2. The van der Waals surface area contributed by atoms with Gasteiger partial charge < -0.3 is 20.1 Å². The molecule has 0 amide bonds. The zero-order chi connectivity index (χ0) is 18.8. The zero-order valence-corrected chi connectivity index (χ0v) is 15.3. The van der Waals surface area contributed by atoms with E-state index in [4.69, 9.17) is 9.47 Å². The van der Waals surface area contributed by atoms with Gasteiger partial charge in [0.1, 0.15) is 17.7 Å². The Morgan fingerprint density at radius 1 is 1.27 bits per heavy atom. The molecule has 0 spiro atoms. The van der Waals surface area contributed by atoms with E-state index < -0.39 is 0 Å². The molecule has 0 radical (unpaired) electrons. The SMILES string of the molecule is CCNC(=NCc1ccnc(OC)c1)NCC(C)Oc1cccc(F)c1. The molecule has 0 aliphatic rings. The number of rotatable bonds is 8. The first-order valence-electron chi connectivity index (χ1n) is 8.54. The number of hydrogen-bond donors (Lipinski definition) is 2. The summed E-state index contributed by atoms with van der Waals surface area (Å²) in [7, 11) is 1.58. The summed E-state index contributed by atoms with van der Waals surface area (Å²) in [6.45, 7) is 5.68. The Morgan fingerprint density at radius 2 is 2.12 bits per heavy atom. The van der Waals surface area contributed by atoms with Gasteiger partial charge in [-0.2, -0.15) is 0 Å². The van der Waals surface area contributed by atoms with Crippen molar-refractivity contribution >= 4 is 5.96 Å². The molecular formula is C19H25FN4O2. The highest BCUT2D eigenvalue weighted by atomic mass is 19.1. The Hall–Kier alpha value is -2.83. The molecule has 0 aliphatic heterocycles. The summed E-state index contributed by atoms with van der Waals surface area (Å²) >= 11 is 0. The highest BCUT2D eigenvalue weighted by molar-refractivity contribution is 5.79. The van der Waals surface area contributed by atoms with Gasteiger partial charge in [-0.3, -0.25) is 0 Å². The van der Waals surface area contributed by atoms with Crippen LogP contribution in [0.15, 0.2) is 47.6 Å². The molecule has 2 rings (SSSR count). The molecule has 7 heteroatoms. The minimum atomic E-state index is -0.315. The van der Waals surface area contributed by atoms with Crippen LogP contribution in [0.2, 0.25) is 0 Å². The summed E-state index contributed by atoms with van der Waals surface area (Å²) in [5, 5.41) is 6.41. The molecule has 6 nitrogen and oxygen atoms in total. The predicted molar refractivity (Wildman–Crippen MR) is 100 cm³/mol. The van der Waals surface area contributed by atoms with Crippen molar-refractivity contribution in [2.75, 3.05) is 20.2 Å². The third-order valence-corrected chi connectivity index (χ3v) is 3.46. The summed E-state index contributed by atoms with van der Waals surface area (Å²) in [4.78, 5) is 8.63. The molecule has 1 heterocycles. The summed E-state index contributed by atoms with van der Waals surface area (Å²) in [6, 6.07) is 9.86. The van der Waals surface area contributed by atoms with Crippen molar-refractivity contribution in [1.29, 1.82) is 0 Å². The first kappa shape index (κ1) is 19.5. The van der Waals surface area contributed by atoms with Crippen molar-refractivity contribution in [3.8, 4) is 11.6 Å². The lowest BCUT2D eigenvalue weighted by Crippen LogP contribution is -2.41. The Balaban J connectivity index is 1.89. The second kappa shape index (κ2) is 10.2. The number of benzene rings is 1. The van der Waals surface area contributed by atoms with E-state index >= 15 is 0 Å². The van der Waals surface area contributed by atoms with E-state index in [1.165, 1.54) is 12.1 Å². The van der Waals surface area contributed by atoms with Gasteiger partial charge in [0.2, 0.25) is 5.88 Å². The van der Waals surface area contributed by atoms with Gasteiger partial charge >= 0.3 is 0 Å². The van der Waals surface area contributed by atoms with Crippen LogP contribution in [0.25, 0.3) is 0 Å². The number of guanidine groups is 1. The first-order valence-corrected chi connectivity index (χ1v) is 8.54. The van der Waals surface area contributed by atoms with Crippen molar-refractivity contribution in [3.05, 3.63) is 54.0 Å². The largest absolute Gasteiger partial charge is 0.489 e. The molecule has 1 aromatic carbocycles. The highest BCUT2D eigenvalue weighted by Crippen LogP contribution is 2.13. The van der Waals surface area contributed by atoms with E-state index in [9.17, 15) is 4.39 Å². The number of pyridine rings is 1. The minimum absolute atomic E-state index is 0.151. The van der Waals surface area contributed by atoms with Gasteiger partial charge in [0.15, 0.2) is 5.96 Å². The Morgan fingerprint density at radius 3 is 2.85 bits per heavy atom. The van der Waals surface area contributed by atoms with Gasteiger partial charge in [0, 0.05) is 24.9 Å². The van der Waals surface area contributed by atoms with Crippen LogP contribution in [0, 0.1) is 5.82 Å². The predicted octanol–water partition coefficient (Wildman–Crippen LogP) is 2.75. The smallest absolute Gasteiger partial charge is 0.213 e. The van der Waals surface area contributed by atoms with Crippen LogP contribution < -0.4 is 20.1 Å². The Labute approximate surface area is 153 Å². The second-order valence-electron chi connectivity index (χ2n) is 5.67. The highest BCUT2D eigenvalue weighted by Gasteiger charge is 2.06. The molecule has 2 aromatic rings. The second-order valence-corrected chi connectivity index (χ2v) is 5.67. The topological polar surface area (TPSA) is 67.8 Å². The number of halogens is 1. The van der Waals surface area contributed by atoms with Crippen LogP contribution in [-0.4, -0.2) is 37.2 Å². The molecule has 0 bridgehead atoms. The molecular weight excluding hydrogens is 335 g/mol. The van der Waals surface area contributed by atoms with E-state index in [0.717, 1.165) is 12.1 Å². The summed E-state index contributed by atoms with van der Waals surface area (Å²) < 4.78 is 24.0. The first-order chi connectivity index (χ1) is 12.6. The number of nitrogens with one attached hydrogen (secondary N) is 2. The van der Waals surface area contributed by atoms with Gasteiger partial charge in [0.05, 0.1) is 20.2 Å². The van der Waals surface area contributed by atoms with Crippen LogP contribution in [0.3, 0.4) is 0 Å². The number of ether oxygens (including phenoxy) is 2. The molecule has 1 aromatic heterocycles. The number of hydrogen-bond acceptors (Lipinski definition) is 4. The van der Waals surface area contributed by atoms with E-state index in [-0.39, 0.29) is 11.9 Å². The minimum Gasteiger partial charge on any atom is -0.489 e. The van der Waals surface area contributed by atoms with Crippen molar-refractivity contribution < 1.29 is 13.9 Å². The van der Waals surface area contributed by atoms with Crippen molar-refractivity contribution in [3.63, 3.8) is 0 Å². The lowest BCUT2D eigenvalue weighted by molar-refractivity contribution is 0.223. The van der Waals surface area contributed by atoms with Crippen molar-refractivity contribution in [2.45, 2.75) is 26.5 Å². The molecule has 2 N–H and O–H groups in total. The molecule has 26 heavy (non-hydrogen) atoms. The quantitative estimate of drug-likeness (QED) is 0.560. The monoisotopic (exact) mass is 360 g/mol. The molecule has 0 saturated carbocycles. The maximum Gasteiger partial charge on any atom is 0.213 e. The standard InChI is InChI=1S/C19H25FN4O2/c1-4-21-19(24-13-15-8-9-22-18(10-15)25-3)23-12-14(2)26-17-7-5-6-16(20)11-17/h5-11,14H,4,12-13H2,1-3H3,(H2,21,23,24). The van der Waals surface area contributed by atoms with Gasteiger partial charge in [-0.15, -0.1) is 0 Å². The van der Waals surface area contributed by atoms with E-state index in [2.05, 4.69) is 20.6 Å². The summed E-state index contributed by atoms with van der Waals surface area (Å²) in [5.41, 5.74) is 0.998. The average Bonchev–Trinajstić information content (AvgIpc) is 2.64. The maximum absolute atomic E-state index is 13.2. The fourth-order valence-corrected chi connectivity index (χ4v) is 2.23. The fraction of sp³-hybridized carbons (Fsp3) is 0.368. The van der Waals surface area contributed by atoms with Gasteiger partial charge in [-0.05, 0) is 37.6 Å². The van der Waals surface area contributed by atoms with Crippen molar-refractivity contribution in [1.82, 2.24) is 15.6 Å². The molecule has 1 atom stereocenters. The number of aliphatic imine (C=N–C) groups is 1. The summed E-state index contributed by atoms with van der Waals surface area (Å²) in [6.07, 6.45) is 1.54. The number of methoxy groups -OCH3 is 1. The van der Waals surface area contributed by atoms with E-state index in [1.54, 1.807) is 25.4 Å². The lowest BCUT2D eigenvalue weighted by Gasteiger charge is -2.17. The summed E-state index contributed by atoms with van der Waals surface area (Å²) in [5.74, 6) is 1.43. The molecule has 140 valence electrons.